The van der Waals surface area contributed by atoms with Crippen molar-refractivity contribution in [2.45, 2.75) is 45.2 Å². The van der Waals surface area contributed by atoms with Crippen LogP contribution in [0.3, 0.4) is 0 Å². The van der Waals surface area contributed by atoms with Crippen molar-refractivity contribution in [1.82, 2.24) is 9.88 Å². The van der Waals surface area contributed by atoms with Crippen molar-refractivity contribution in [2.24, 2.45) is 5.41 Å². The summed E-state index contributed by atoms with van der Waals surface area (Å²) in [5.41, 5.74) is 1.16. The van der Waals surface area contributed by atoms with Crippen LogP contribution in [0.2, 0.25) is 0 Å². The molecule has 2 N–H and O–H groups in total. The number of aryl methyl sites for hydroxylation is 1. The van der Waals surface area contributed by atoms with E-state index < -0.39 is 35.0 Å². The number of fused-ring (bicyclic) bond motifs is 1. The molecular formula is C29H33F4N3O3. The van der Waals surface area contributed by atoms with E-state index in [2.05, 4.69) is 15.2 Å². The van der Waals surface area contributed by atoms with Crippen molar-refractivity contribution in [3.05, 3.63) is 65.1 Å². The summed E-state index contributed by atoms with van der Waals surface area (Å²) in [4.78, 5) is 18.2. The Morgan fingerprint density at radius 1 is 1.21 bits per heavy atom. The summed E-state index contributed by atoms with van der Waals surface area (Å²) in [7, 11) is 1.55. The highest BCUT2D eigenvalue weighted by Crippen LogP contribution is 2.43. The lowest BCUT2D eigenvalue weighted by Crippen LogP contribution is -2.43. The molecule has 0 amide bonds. The highest BCUT2D eigenvalue weighted by Gasteiger charge is 2.37. The average Bonchev–Trinajstić information content (AvgIpc) is 2.90. The van der Waals surface area contributed by atoms with Crippen LogP contribution in [0.5, 0.6) is 5.75 Å². The molecule has 1 aliphatic heterocycles. The van der Waals surface area contributed by atoms with Gasteiger partial charge in [0.05, 0.1) is 24.7 Å². The van der Waals surface area contributed by atoms with Gasteiger partial charge in [0, 0.05) is 36.8 Å². The Balaban J connectivity index is 1.39. The first-order chi connectivity index (χ1) is 18.6. The van der Waals surface area contributed by atoms with E-state index in [4.69, 9.17) is 4.74 Å². The van der Waals surface area contributed by atoms with Crippen molar-refractivity contribution in [3.8, 4) is 5.75 Å². The third-order valence-corrected chi connectivity index (χ3v) is 7.74. The quantitative estimate of drug-likeness (QED) is 0.213. The fraction of sp³-hybridized carbons (Fsp3) is 0.448. The molecule has 2 aromatic carbocycles. The Hall–Kier alpha value is -3.40. The second-order valence-electron chi connectivity index (χ2n) is 10.3. The van der Waals surface area contributed by atoms with Gasteiger partial charge in [-0.15, -0.1) is 0 Å². The first-order valence-electron chi connectivity index (χ1n) is 13.0. The van der Waals surface area contributed by atoms with E-state index in [1.807, 2.05) is 6.92 Å². The maximum Gasteiger partial charge on any atom is 0.303 e. The molecular weight excluding hydrogens is 514 g/mol. The van der Waals surface area contributed by atoms with Crippen LogP contribution in [0, 0.1) is 29.8 Å². The third-order valence-electron chi connectivity index (χ3n) is 7.74. The van der Waals surface area contributed by atoms with E-state index in [0.29, 0.717) is 67.2 Å². The van der Waals surface area contributed by atoms with Crippen LogP contribution in [0.15, 0.2) is 36.5 Å². The number of piperidine rings is 1. The SMILES string of the molecule is COc1ccc2ncc(C)c(C(F)CCC3(CC(=O)O)CCN(CCNc4cc(F)cc(F)c4F)CC3)c2c1. The Kier molecular flexibility index (Phi) is 8.94. The van der Waals surface area contributed by atoms with Crippen molar-refractivity contribution in [1.29, 1.82) is 0 Å². The molecule has 1 unspecified atom stereocenters. The number of nitrogens with zero attached hydrogens (tertiary/aromatic N) is 2. The predicted molar refractivity (Wildman–Crippen MR) is 141 cm³/mol. The molecule has 1 atom stereocenters. The Morgan fingerprint density at radius 3 is 2.64 bits per heavy atom. The monoisotopic (exact) mass is 547 g/mol. The second-order valence-corrected chi connectivity index (χ2v) is 10.3. The zero-order chi connectivity index (χ0) is 28.2. The van der Waals surface area contributed by atoms with E-state index in [1.54, 1.807) is 31.5 Å². The molecule has 0 aliphatic carbocycles. The van der Waals surface area contributed by atoms with E-state index in [1.165, 1.54) is 0 Å². The van der Waals surface area contributed by atoms with Crippen LogP contribution in [0.25, 0.3) is 10.9 Å². The number of anilines is 1. The summed E-state index contributed by atoms with van der Waals surface area (Å²) >= 11 is 0. The van der Waals surface area contributed by atoms with E-state index >= 15 is 4.39 Å². The van der Waals surface area contributed by atoms with Gasteiger partial charge >= 0.3 is 5.97 Å². The van der Waals surface area contributed by atoms with Crippen LogP contribution in [-0.2, 0) is 4.79 Å². The molecule has 0 bridgehead atoms. The van der Waals surface area contributed by atoms with E-state index in [-0.39, 0.29) is 25.1 Å². The maximum atomic E-state index is 15.8. The third kappa shape index (κ3) is 6.79. The first kappa shape index (κ1) is 28.6. The molecule has 4 rings (SSSR count). The molecule has 210 valence electrons. The number of ether oxygens (including phenoxy) is 1. The summed E-state index contributed by atoms with van der Waals surface area (Å²) in [6.07, 6.45) is 2.03. The number of likely N-dealkylation sites (tertiary alicyclic amines) is 1. The van der Waals surface area contributed by atoms with Gasteiger partial charge in [-0.25, -0.2) is 17.6 Å². The lowest BCUT2D eigenvalue weighted by molar-refractivity contribution is -0.141. The van der Waals surface area contributed by atoms with Gasteiger partial charge in [-0.2, -0.15) is 0 Å². The van der Waals surface area contributed by atoms with Gasteiger partial charge in [0.25, 0.3) is 0 Å². The molecule has 3 aromatic rings. The normalized spacial score (nSPS) is 16.3. The number of rotatable bonds is 11. The molecule has 10 heteroatoms. The number of hydrogen-bond donors (Lipinski definition) is 2. The summed E-state index contributed by atoms with van der Waals surface area (Å²) in [5, 5.41) is 13.0. The molecule has 0 radical (unpaired) electrons. The van der Waals surface area contributed by atoms with Crippen LogP contribution in [-0.4, -0.2) is 54.2 Å². The number of methoxy groups -OCH3 is 1. The van der Waals surface area contributed by atoms with Crippen molar-refractivity contribution in [3.63, 3.8) is 0 Å². The summed E-state index contributed by atoms with van der Waals surface area (Å²) in [5.74, 6) is -3.56. The minimum Gasteiger partial charge on any atom is -0.497 e. The molecule has 1 fully saturated rings. The lowest BCUT2D eigenvalue weighted by atomic mass is 9.71. The number of carboxylic acid groups (broad SMARTS) is 1. The van der Waals surface area contributed by atoms with Gasteiger partial charge in [-0.1, -0.05) is 0 Å². The zero-order valence-electron chi connectivity index (χ0n) is 22.1. The second kappa shape index (κ2) is 12.2. The van der Waals surface area contributed by atoms with Crippen LogP contribution < -0.4 is 10.1 Å². The number of benzene rings is 2. The fourth-order valence-electron chi connectivity index (χ4n) is 5.53. The molecule has 1 aromatic heterocycles. The number of aromatic nitrogens is 1. The molecule has 1 saturated heterocycles. The van der Waals surface area contributed by atoms with Gasteiger partial charge in [0.2, 0.25) is 0 Å². The standard InChI is InChI=1S/C29H33F4N3O3/c1-18-17-35-24-4-3-20(39-2)15-21(24)27(18)22(31)5-6-29(16-26(37)38)7-10-36(11-8-29)12-9-34-25-14-19(30)13-23(32)28(25)33/h3-4,13-15,17,22,34H,5-12,16H2,1-2H3,(H,37,38). The Morgan fingerprint density at radius 2 is 1.95 bits per heavy atom. The van der Waals surface area contributed by atoms with Crippen LogP contribution in [0.1, 0.15) is 49.4 Å². The molecule has 39 heavy (non-hydrogen) atoms. The van der Waals surface area contributed by atoms with Crippen molar-refractivity contribution in [2.75, 3.05) is 38.6 Å². The molecule has 0 spiro atoms. The number of aliphatic carboxylic acids is 1. The van der Waals surface area contributed by atoms with E-state index in [0.717, 1.165) is 11.6 Å². The lowest BCUT2D eigenvalue weighted by Gasteiger charge is -2.41. The van der Waals surface area contributed by atoms with Crippen molar-refractivity contribution >= 4 is 22.6 Å². The Bertz CT molecular complexity index is 1330. The predicted octanol–water partition coefficient (Wildman–Crippen LogP) is 6.43. The molecule has 0 saturated carbocycles. The summed E-state index contributed by atoms with van der Waals surface area (Å²) in [6.45, 7) is 3.73. The summed E-state index contributed by atoms with van der Waals surface area (Å²) in [6, 6.07) is 6.74. The number of alkyl halides is 1. The van der Waals surface area contributed by atoms with Crippen LogP contribution in [0.4, 0.5) is 23.2 Å². The number of halogens is 4. The zero-order valence-corrected chi connectivity index (χ0v) is 22.1. The van der Waals surface area contributed by atoms with Crippen LogP contribution >= 0.6 is 0 Å². The van der Waals surface area contributed by atoms with Gasteiger partial charge in [0.1, 0.15) is 17.7 Å². The molecule has 1 aliphatic rings. The molecule has 2 heterocycles. The number of hydrogen-bond acceptors (Lipinski definition) is 5. The van der Waals surface area contributed by atoms with E-state index in [9.17, 15) is 23.1 Å². The number of carboxylic acids is 1. The van der Waals surface area contributed by atoms with Gasteiger partial charge in [-0.3, -0.25) is 9.78 Å². The largest absolute Gasteiger partial charge is 0.497 e. The highest BCUT2D eigenvalue weighted by molar-refractivity contribution is 5.85. The Labute approximate surface area is 225 Å². The topological polar surface area (TPSA) is 74.7 Å². The summed E-state index contributed by atoms with van der Waals surface area (Å²) < 4.78 is 61.8. The number of nitrogens with one attached hydrogen (secondary N) is 1. The fourth-order valence-corrected chi connectivity index (χ4v) is 5.53. The smallest absolute Gasteiger partial charge is 0.303 e. The van der Waals surface area contributed by atoms with Gasteiger partial charge in [-0.05, 0) is 80.4 Å². The number of pyridine rings is 1. The molecule has 6 nitrogen and oxygen atoms in total. The van der Waals surface area contributed by atoms with Crippen molar-refractivity contribution < 1.29 is 32.2 Å². The minimum absolute atomic E-state index is 0.0521. The maximum absolute atomic E-state index is 15.8. The average molecular weight is 548 g/mol. The first-order valence-corrected chi connectivity index (χ1v) is 13.0. The number of carbonyl (C=O) groups is 1. The van der Waals surface area contributed by atoms with Gasteiger partial charge in [0.15, 0.2) is 11.6 Å². The minimum atomic E-state index is -1.29. The highest BCUT2D eigenvalue weighted by atomic mass is 19.2. The van der Waals surface area contributed by atoms with Gasteiger partial charge < -0.3 is 20.1 Å².